The zero-order valence-electron chi connectivity index (χ0n) is 16.5. The normalized spacial score (nSPS) is 10.8. The molecular formula is C21H22FN7. The summed E-state index contributed by atoms with van der Waals surface area (Å²) >= 11 is 0. The van der Waals surface area contributed by atoms with Crippen LogP contribution in [0.25, 0.3) is 29.0 Å². The van der Waals surface area contributed by atoms with Crippen molar-refractivity contribution in [1.29, 1.82) is 0 Å². The van der Waals surface area contributed by atoms with Gasteiger partial charge in [0.2, 0.25) is 5.82 Å². The van der Waals surface area contributed by atoms with E-state index in [9.17, 15) is 4.39 Å². The molecule has 0 unspecified atom stereocenters. The molecule has 7 nitrogen and oxygen atoms in total. The molecule has 0 aliphatic rings. The lowest BCUT2D eigenvalue weighted by atomic mass is 10.2. The van der Waals surface area contributed by atoms with Gasteiger partial charge in [-0.25, -0.2) is 4.39 Å². The molecule has 1 aromatic carbocycles. The average molecular weight is 391 g/mol. The van der Waals surface area contributed by atoms with Crippen LogP contribution in [0.1, 0.15) is 26.3 Å². The van der Waals surface area contributed by atoms with Gasteiger partial charge in [-0.3, -0.25) is 4.98 Å². The SMILES string of the molecule is C/C=C\c1ccn(-c2ccc(-n3nnc(-c4ccccn4)n3)cc2F)c1N.CC. The Labute approximate surface area is 168 Å². The van der Waals surface area contributed by atoms with E-state index in [0.29, 0.717) is 28.7 Å². The van der Waals surface area contributed by atoms with Crippen LogP contribution in [0.15, 0.2) is 60.9 Å². The Morgan fingerprint density at radius 3 is 2.62 bits per heavy atom. The van der Waals surface area contributed by atoms with Gasteiger partial charge in [-0.05, 0) is 42.5 Å². The minimum Gasteiger partial charge on any atom is -0.384 e. The first-order chi connectivity index (χ1) is 14.2. The van der Waals surface area contributed by atoms with Gasteiger partial charge < -0.3 is 10.3 Å². The van der Waals surface area contributed by atoms with Crippen LogP contribution in [0.4, 0.5) is 10.2 Å². The van der Waals surface area contributed by atoms with Gasteiger partial charge in [0, 0.05) is 24.0 Å². The zero-order chi connectivity index (χ0) is 20.8. The summed E-state index contributed by atoms with van der Waals surface area (Å²) in [5, 5.41) is 12.2. The van der Waals surface area contributed by atoms with Crippen molar-refractivity contribution in [3.05, 3.63) is 72.3 Å². The lowest BCUT2D eigenvalue weighted by Crippen LogP contribution is -2.05. The number of hydrogen-bond acceptors (Lipinski definition) is 5. The Balaban J connectivity index is 0.00000117. The molecule has 8 heteroatoms. The molecule has 0 saturated carbocycles. The molecule has 0 fully saturated rings. The highest BCUT2D eigenvalue weighted by Gasteiger charge is 2.13. The van der Waals surface area contributed by atoms with Crippen LogP contribution in [0.3, 0.4) is 0 Å². The lowest BCUT2D eigenvalue weighted by molar-refractivity contribution is 0.613. The van der Waals surface area contributed by atoms with Crippen molar-refractivity contribution in [2.45, 2.75) is 20.8 Å². The van der Waals surface area contributed by atoms with Gasteiger partial charge in [0.05, 0.1) is 11.4 Å². The van der Waals surface area contributed by atoms with Crippen molar-refractivity contribution in [2.24, 2.45) is 0 Å². The van der Waals surface area contributed by atoms with E-state index in [1.807, 2.05) is 45.1 Å². The fourth-order valence-corrected chi connectivity index (χ4v) is 2.73. The molecule has 4 rings (SSSR count). The minimum absolute atomic E-state index is 0.345. The van der Waals surface area contributed by atoms with Crippen molar-refractivity contribution < 1.29 is 4.39 Å². The molecule has 0 aliphatic carbocycles. The fraction of sp³-hybridized carbons (Fsp3) is 0.143. The summed E-state index contributed by atoms with van der Waals surface area (Å²) in [6.07, 6.45) is 7.13. The van der Waals surface area contributed by atoms with Crippen molar-refractivity contribution in [2.75, 3.05) is 5.73 Å². The zero-order valence-corrected chi connectivity index (χ0v) is 16.5. The Bertz CT molecular complexity index is 1110. The molecule has 0 bridgehead atoms. The van der Waals surface area contributed by atoms with E-state index < -0.39 is 5.82 Å². The number of pyridine rings is 1. The fourth-order valence-electron chi connectivity index (χ4n) is 2.73. The largest absolute Gasteiger partial charge is 0.384 e. The maximum absolute atomic E-state index is 14.7. The number of halogens is 1. The number of nitrogens with two attached hydrogens (primary N) is 1. The quantitative estimate of drug-likeness (QED) is 0.560. The smallest absolute Gasteiger partial charge is 0.223 e. The number of nitrogen functional groups attached to an aromatic ring is 1. The van der Waals surface area contributed by atoms with Gasteiger partial charge >= 0.3 is 0 Å². The summed E-state index contributed by atoms with van der Waals surface area (Å²) in [5.74, 6) is 0.389. The molecule has 2 N–H and O–H groups in total. The first kappa shape index (κ1) is 19.9. The molecule has 148 valence electrons. The van der Waals surface area contributed by atoms with Crippen molar-refractivity contribution in [3.63, 3.8) is 0 Å². The second-order valence-electron chi connectivity index (χ2n) is 5.78. The molecular weight excluding hydrogens is 369 g/mol. The Morgan fingerprint density at radius 2 is 1.93 bits per heavy atom. The number of aromatic nitrogens is 6. The van der Waals surface area contributed by atoms with E-state index in [2.05, 4.69) is 20.4 Å². The van der Waals surface area contributed by atoms with Gasteiger partial charge in [0.25, 0.3) is 0 Å². The molecule has 4 aromatic rings. The van der Waals surface area contributed by atoms with E-state index >= 15 is 0 Å². The molecule has 0 radical (unpaired) electrons. The predicted molar refractivity (Wildman–Crippen MR) is 112 cm³/mol. The molecule has 0 spiro atoms. The van der Waals surface area contributed by atoms with E-state index in [1.165, 1.54) is 10.9 Å². The first-order valence-electron chi connectivity index (χ1n) is 9.28. The summed E-state index contributed by atoms with van der Waals surface area (Å²) in [5.41, 5.74) is 8.33. The summed E-state index contributed by atoms with van der Waals surface area (Å²) < 4.78 is 16.3. The number of anilines is 1. The summed E-state index contributed by atoms with van der Waals surface area (Å²) in [7, 11) is 0. The van der Waals surface area contributed by atoms with Gasteiger partial charge in [0.1, 0.15) is 17.3 Å². The highest BCUT2D eigenvalue weighted by molar-refractivity contribution is 5.64. The second-order valence-corrected chi connectivity index (χ2v) is 5.78. The summed E-state index contributed by atoms with van der Waals surface area (Å²) in [6.45, 7) is 5.90. The summed E-state index contributed by atoms with van der Waals surface area (Å²) in [4.78, 5) is 5.44. The van der Waals surface area contributed by atoms with Crippen molar-refractivity contribution >= 4 is 11.9 Å². The predicted octanol–water partition coefficient (Wildman–Crippen LogP) is 4.30. The third-order valence-electron chi connectivity index (χ3n) is 4.03. The topological polar surface area (TPSA) is 87.4 Å². The van der Waals surface area contributed by atoms with Crippen LogP contribution in [0.2, 0.25) is 0 Å². The highest BCUT2D eigenvalue weighted by Crippen LogP contribution is 2.24. The molecule has 3 aromatic heterocycles. The highest BCUT2D eigenvalue weighted by atomic mass is 19.1. The second kappa shape index (κ2) is 8.92. The van der Waals surface area contributed by atoms with E-state index in [-0.39, 0.29) is 0 Å². The monoisotopic (exact) mass is 391 g/mol. The molecule has 0 amide bonds. The van der Waals surface area contributed by atoms with Gasteiger partial charge in [0.15, 0.2) is 0 Å². The van der Waals surface area contributed by atoms with Gasteiger partial charge in [-0.1, -0.05) is 32.1 Å². The molecule has 0 atom stereocenters. The number of allylic oxidation sites excluding steroid dienone is 1. The van der Waals surface area contributed by atoms with E-state index in [0.717, 1.165) is 5.56 Å². The number of tetrazole rings is 1. The number of nitrogens with zero attached hydrogens (tertiary/aromatic N) is 6. The number of hydrogen-bond donors (Lipinski definition) is 1. The van der Waals surface area contributed by atoms with Gasteiger partial charge in [-0.2, -0.15) is 0 Å². The van der Waals surface area contributed by atoms with Crippen LogP contribution in [-0.4, -0.2) is 29.8 Å². The average Bonchev–Trinajstić information content (AvgIpc) is 3.39. The standard InChI is InChI=1S/C19H16FN7.C2H6/c1-2-5-13-9-11-26(18(13)21)17-8-7-14(12-15(17)20)27-24-19(23-25-27)16-6-3-4-10-22-16;1-2/h2-12H,21H2,1H3;1-2H3/b5-2-;. The van der Waals surface area contributed by atoms with Crippen LogP contribution in [0, 0.1) is 5.82 Å². The Hall–Kier alpha value is -3.81. The molecule has 0 saturated heterocycles. The maximum Gasteiger partial charge on any atom is 0.223 e. The third kappa shape index (κ3) is 4.06. The maximum atomic E-state index is 14.7. The molecule has 29 heavy (non-hydrogen) atoms. The van der Waals surface area contributed by atoms with E-state index in [4.69, 9.17) is 5.73 Å². The number of rotatable bonds is 4. The van der Waals surface area contributed by atoms with Crippen LogP contribution >= 0.6 is 0 Å². The van der Waals surface area contributed by atoms with Crippen LogP contribution < -0.4 is 5.73 Å². The van der Waals surface area contributed by atoms with Crippen molar-refractivity contribution in [3.8, 4) is 22.9 Å². The van der Waals surface area contributed by atoms with Crippen LogP contribution in [0.5, 0.6) is 0 Å². The van der Waals surface area contributed by atoms with Crippen molar-refractivity contribution in [1.82, 2.24) is 29.8 Å². The van der Waals surface area contributed by atoms with Gasteiger partial charge in [-0.15, -0.1) is 15.0 Å². The minimum atomic E-state index is -0.446. The summed E-state index contributed by atoms with van der Waals surface area (Å²) in [6, 6.07) is 11.9. The molecule has 0 aliphatic heterocycles. The first-order valence-corrected chi connectivity index (χ1v) is 9.28. The Morgan fingerprint density at radius 1 is 1.10 bits per heavy atom. The Kier molecular flexibility index (Phi) is 6.13. The van der Waals surface area contributed by atoms with Crippen LogP contribution in [-0.2, 0) is 0 Å². The van der Waals surface area contributed by atoms with E-state index in [1.54, 1.807) is 41.2 Å². The molecule has 3 heterocycles. The number of benzene rings is 1. The lowest BCUT2D eigenvalue weighted by Gasteiger charge is -2.09. The third-order valence-corrected chi connectivity index (χ3v) is 4.03.